The van der Waals surface area contributed by atoms with E-state index in [1.165, 1.54) is 0 Å². The molecule has 0 atom stereocenters. The molecule has 0 radical (unpaired) electrons. The quantitative estimate of drug-likeness (QED) is 0.771. The molecule has 4 nitrogen and oxygen atoms in total. The molecule has 2 aromatic carbocycles. The number of rotatable bonds is 2. The minimum Gasteiger partial charge on any atom is -0.321 e. The Labute approximate surface area is 130 Å². The van der Waals surface area contributed by atoms with Gasteiger partial charge in [-0.3, -0.25) is 14.8 Å². The number of carbonyl (C=O) groups excluding carboxylic acids is 1. The molecule has 0 aliphatic rings. The third-order valence-electron chi connectivity index (χ3n) is 2.91. The SMILES string of the molecule is O=C(Nc1ccc(Cl)cc1Cl)c1ccc2nccnc2c1. The summed E-state index contributed by atoms with van der Waals surface area (Å²) in [6.45, 7) is 0. The zero-order chi connectivity index (χ0) is 14.8. The summed E-state index contributed by atoms with van der Waals surface area (Å²) in [6.07, 6.45) is 3.19. The van der Waals surface area contributed by atoms with E-state index in [2.05, 4.69) is 15.3 Å². The molecule has 0 aliphatic carbocycles. The van der Waals surface area contributed by atoms with Gasteiger partial charge >= 0.3 is 0 Å². The van der Waals surface area contributed by atoms with Gasteiger partial charge in [-0.1, -0.05) is 23.2 Å². The highest BCUT2D eigenvalue weighted by Gasteiger charge is 2.10. The first-order valence-electron chi connectivity index (χ1n) is 6.11. The van der Waals surface area contributed by atoms with Crippen molar-refractivity contribution in [1.82, 2.24) is 9.97 Å². The Hall–Kier alpha value is -2.17. The van der Waals surface area contributed by atoms with Crippen molar-refractivity contribution in [3.8, 4) is 0 Å². The first-order valence-corrected chi connectivity index (χ1v) is 6.86. The van der Waals surface area contributed by atoms with Crippen molar-refractivity contribution in [2.75, 3.05) is 5.32 Å². The number of anilines is 1. The summed E-state index contributed by atoms with van der Waals surface area (Å²) >= 11 is 11.9. The van der Waals surface area contributed by atoms with Crippen LogP contribution in [0.2, 0.25) is 10.0 Å². The van der Waals surface area contributed by atoms with Crippen molar-refractivity contribution in [2.45, 2.75) is 0 Å². The van der Waals surface area contributed by atoms with E-state index in [4.69, 9.17) is 23.2 Å². The minimum atomic E-state index is -0.272. The van der Waals surface area contributed by atoms with Crippen molar-refractivity contribution in [1.29, 1.82) is 0 Å². The summed E-state index contributed by atoms with van der Waals surface area (Å²) in [4.78, 5) is 20.6. The molecular formula is C15H9Cl2N3O. The maximum absolute atomic E-state index is 12.2. The largest absolute Gasteiger partial charge is 0.321 e. The predicted octanol–water partition coefficient (Wildman–Crippen LogP) is 4.19. The number of aromatic nitrogens is 2. The summed E-state index contributed by atoms with van der Waals surface area (Å²) in [7, 11) is 0. The van der Waals surface area contributed by atoms with Crippen LogP contribution in [0.1, 0.15) is 10.4 Å². The number of fused-ring (bicyclic) bond motifs is 1. The topological polar surface area (TPSA) is 54.9 Å². The first-order chi connectivity index (χ1) is 10.1. The Kier molecular flexibility index (Phi) is 3.73. The van der Waals surface area contributed by atoms with Gasteiger partial charge in [-0.25, -0.2) is 0 Å². The molecule has 0 saturated heterocycles. The molecule has 1 aromatic heterocycles. The van der Waals surface area contributed by atoms with Gasteiger partial charge in [0.1, 0.15) is 0 Å². The van der Waals surface area contributed by atoms with Gasteiger partial charge in [0, 0.05) is 23.0 Å². The number of hydrogen-bond donors (Lipinski definition) is 1. The molecule has 0 unspecified atom stereocenters. The van der Waals surface area contributed by atoms with Gasteiger partial charge in [0.15, 0.2) is 0 Å². The molecule has 3 aromatic rings. The standard InChI is InChI=1S/C15H9Cl2N3O/c16-10-2-4-12(11(17)8-10)20-15(21)9-1-3-13-14(7-9)19-6-5-18-13/h1-8H,(H,20,21). The lowest BCUT2D eigenvalue weighted by Crippen LogP contribution is -2.12. The van der Waals surface area contributed by atoms with E-state index in [-0.39, 0.29) is 5.91 Å². The lowest BCUT2D eigenvalue weighted by atomic mass is 10.1. The van der Waals surface area contributed by atoms with Gasteiger partial charge < -0.3 is 5.32 Å². The molecule has 6 heteroatoms. The zero-order valence-electron chi connectivity index (χ0n) is 10.7. The Morgan fingerprint density at radius 1 is 0.952 bits per heavy atom. The number of amides is 1. The molecule has 0 fully saturated rings. The van der Waals surface area contributed by atoms with E-state index in [0.717, 1.165) is 5.52 Å². The summed E-state index contributed by atoms with van der Waals surface area (Å²) in [5.41, 5.74) is 2.38. The fourth-order valence-electron chi connectivity index (χ4n) is 1.89. The molecular weight excluding hydrogens is 309 g/mol. The highest BCUT2D eigenvalue weighted by molar-refractivity contribution is 6.36. The predicted molar refractivity (Wildman–Crippen MR) is 84.0 cm³/mol. The Morgan fingerprint density at radius 3 is 2.48 bits per heavy atom. The number of nitrogens with one attached hydrogen (secondary N) is 1. The van der Waals surface area contributed by atoms with Crippen molar-refractivity contribution in [3.05, 3.63) is 64.4 Å². The molecule has 1 amide bonds. The van der Waals surface area contributed by atoms with E-state index in [0.29, 0.717) is 26.8 Å². The van der Waals surface area contributed by atoms with E-state index < -0.39 is 0 Å². The van der Waals surface area contributed by atoms with Crippen LogP contribution in [-0.4, -0.2) is 15.9 Å². The van der Waals surface area contributed by atoms with E-state index in [9.17, 15) is 4.79 Å². The second kappa shape index (κ2) is 5.68. The van der Waals surface area contributed by atoms with Crippen LogP contribution in [0.15, 0.2) is 48.8 Å². The van der Waals surface area contributed by atoms with Crippen LogP contribution in [0.25, 0.3) is 11.0 Å². The average molecular weight is 318 g/mol. The third kappa shape index (κ3) is 2.96. The molecule has 0 aliphatic heterocycles. The maximum atomic E-state index is 12.2. The van der Waals surface area contributed by atoms with Crippen LogP contribution in [0.3, 0.4) is 0 Å². The Bertz CT molecular complexity index is 836. The van der Waals surface area contributed by atoms with Crippen LogP contribution in [0.5, 0.6) is 0 Å². The summed E-state index contributed by atoms with van der Waals surface area (Å²) < 4.78 is 0. The lowest BCUT2D eigenvalue weighted by Gasteiger charge is -2.08. The van der Waals surface area contributed by atoms with E-state index >= 15 is 0 Å². The monoisotopic (exact) mass is 317 g/mol. The van der Waals surface area contributed by atoms with E-state index in [1.54, 1.807) is 48.8 Å². The van der Waals surface area contributed by atoms with Gasteiger partial charge in [-0.05, 0) is 36.4 Å². The Morgan fingerprint density at radius 2 is 1.71 bits per heavy atom. The van der Waals surface area contributed by atoms with Gasteiger partial charge in [0.25, 0.3) is 5.91 Å². The highest BCUT2D eigenvalue weighted by Crippen LogP contribution is 2.26. The first kappa shape index (κ1) is 13.8. The third-order valence-corrected chi connectivity index (χ3v) is 3.46. The molecule has 104 valence electrons. The summed E-state index contributed by atoms with van der Waals surface area (Å²) in [5, 5.41) is 3.64. The van der Waals surface area contributed by atoms with Crippen molar-refractivity contribution in [3.63, 3.8) is 0 Å². The Balaban J connectivity index is 1.89. The van der Waals surface area contributed by atoms with Gasteiger partial charge in [-0.2, -0.15) is 0 Å². The van der Waals surface area contributed by atoms with E-state index in [1.807, 2.05) is 0 Å². The molecule has 3 rings (SSSR count). The summed E-state index contributed by atoms with van der Waals surface area (Å²) in [5.74, 6) is -0.272. The molecule has 1 N–H and O–H groups in total. The van der Waals surface area contributed by atoms with Crippen LogP contribution in [-0.2, 0) is 0 Å². The van der Waals surface area contributed by atoms with Crippen LogP contribution < -0.4 is 5.32 Å². The van der Waals surface area contributed by atoms with Crippen LogP contribution in [0, 0.1) is 0 Å². The minimum absolute atomic E-state index is 0.272. The molecule has 0 spiro atoms. The molecule has 0 saturated carbocycles. The van der Waals surface area contributed by atoms with Gasteiger partial charge in [0.05, 0.1) is 21.7 Å². The zero-order valence-corrected chi connectivity index (χ0v) is 12.2. The second-order valence-electron chi connectivity index (χ2n) is 4.34. The highest BCUT2D eigenvalue weighted by atomic mass is 35.5. The van der Waals surface area contributed by atoms with Gasteiger partial charge in [0.2, 0.25) is 0 Å². The summed E-state index contributed by atoms with van der Waals surface area (Å²) in [6, 6.07) is 10.0. The number of hydrogen-bond acceptors (Lipinski definition) is 3. The second-order valence-corrected chi connectivity index (χ2v) is 5.18. The molecule has 21 heavy (non-hydrogen) atoms. The smallest absolute Gasteiger partial charge is 0.255 e. The van der Waals surface area contributed by atoms with Crippen molar-refractivity contribution in [2.24, 2.45) is 0 Å². The fraction of sp³-hybridized carbons (Fsp3) is 0. The van der Waals surface area contributed by atoms with Crippen molar-refractivity contribution >= 4 is 45.8 Å². The average Bonchev–Trinajstić information content (AvgIpc) is 2.49. The van der Waals surface area contributed by atoms with Crippen LogP contribution >= 0.6 is 23.2 Å². The normalized spacial score (nSPS) is 10.6. The molecule has 1 heterocycles. The number of carbonyl (C=O) groups is 1. The maximum Gasteiger partial charge on any atom is 0.255 e. The number of halogens is 2. The molecule has 0 bridgehead atoms. The van der Waals surface area contributed by atoms with Gasteiger partial charge in [-0.15, -0.1) is 0 Å². The number of nitrogens with zero attached hydrogens (tertiary/aromatic N) is 2. The fourth-order valence-corrected chi connectivity index (χ4v) is 2.35. The lowest BCUT2D eigenvalue weighted by molar-refractivity contribution is 0.102. The van der Waals surface area contributed by atoms with Crippen molar-refractivity contribution < 1.29 is 4.79 Å². The van der Waals surface area contributed by atoms with Crippen LogP contribution in [0.4, 0.5) is 5.69 Å². The number of benzene rings is 2.